The van der Waals surface area contributed by atoms with Gasteiger partial charge in [0.15, 0.2) is 5.82 Å². The second-order valence-electron chi connectivity index (χ2n) is 10.1. The second-order valence-corrected chi connectivity index (χ2v) is 10.1. The Balaban J connectivity index is 1.30. The van der Waals surface area contributed by atoms with Crippen LogP contribution >= 0.6 is 0 Å². The minimum Gasteiger partial charge on any atom is -0.491 e. The summed E-state index contributed by atoms with van der Waals surface area (Å²) in [6.07, 6.45) is -0.0194. The fourth-order valence-corrected chi connectivity index (χ4v) is 5.01. The molecule has 5 rings (SSSR count). The van der Waals surface area contributed by atoms with E-state index in [1.165, 1.54) is 6.07 Å². The second kappa shape index (κ2) is 12.4. The molecule has 39 heavy (non-hydrogen) atoms. The molecule has 7 heteroatoms. The van der Waals surface area contributed by atoms with Gasteiger partial charge in [0.25, 0.3) is 0 Å². The van der Waals surface area contributed by atoms with E-state index in [-0.39, 0.29) is 12.4 Å². The van der Waals surface area contributed by atoms with E-state index in [2.05, 4.69) is 9.80 Å². The first-order valence-electron chi connectivity index (χ1n) is 13.5. The van der Waals surface area contributed by atoms with Crippen LogP contribution in [-0.2, 0) is 6.42 Å². The van der Waals surface area contributed by atoms with Gasteiger partial charge in [-0.05, 0) is 43.2 Å². The first-order valence-corrected chi connectivity index (χ1v) is 13.5. The van der Waals surface area contributed by atoms with Crippen LogP contribution < -0.4 is 9.64 Å². The van der Waals surface area contributed by atoms with Crippen molar-refractivity contribution < 1.29 is 14.2 Å². The van der Waals surface area contributed by atoms with Gasteiger partial charge in [0, 0.05) is 56.0 Å². The smallest absolute Gasteiger partial charge is 0.161 e. The summed E-state index contributed by atoms with van der Waals surface area (Å²) in [7, 11) is 0. The number of halogens is 1. The largest absolute Gasteiger partial charge is 0.491 e. The van der Waals surface area contributed by atoms with E-state index < -0.39 is 6.10 Å². The average molecular weight is 527 g/mol. The van der Waals surface area contributed by atoms with Crippen molar-refractivity contribution in [3.63, 3.8) is 0 Å². The zero-order valence-electron chi connectivity index (χ0n) is 22.6. The van der Waals surface area contributed by atoms with Gasteiger partial charge >= 0.3 is 0 Å². The van der Waals surface area contributed by atoms with Crippen molar-refractivity contribution in [1.82, 2.24) is 14.9 Å². The number of hydrogen-bond acceptors (Lipinski definition) is 6. The van der Waals surface area contributed by atoms with Gasteiger partial charge < -0.3 is 14.7 Å². The lowest BCUT2D eigenvalue weighted by Crippen LogP contribution is -2.49. The van der Waals surface area contributed by atoms with E-state index in [0.717, 1.165) is 65.7 Å². The highest BCUT2D eigenvalue weighted by Crippen LogP contribution is 2.28. The number of aryl methyl sites for hydroxylation is 2. The van der Waals surface area contributed by atoms with Gasteiger partial charge in [0.1, 0.15) is 30.1 Å². The van der Waals surface area contributed by atoms with Crippen LogP contribution in [0.15, 0.2) is 78.9 Å². The molecule has 1 N–H and O–H groups in total. The summed E-state index contributed by atoms with van der Waals surface area (Å²) in [5, 5.41) is 10.6. The molecule has 4 aromatic rings. The van der Waals surface area contributed by atoms with Gasteiger partial charge in [0.05, 0.1) is 0 Å². The Morgan fingerprint density at radius 2 is 1.64 bits per heavy atom. The minimum absolute atomic E-state index is 0.243. The summed E-state index contributed by atoms with van der Waals surface area (Å²) < 4.78 is 19.8. The number of aliphatic hydroxyl groups excluding tert-OH is 1. The van der Waals surface area contributed by atoms with Crippen LogP contribution in [0, 0.1) is 19.7 Å². The predicted octanol–water partition coefficient (Wildman–Crippen LogP) is 5.05. The van der Waals surface area contributed by atoms with Gasteiger partial charge in [-0.3, -0.25) is 4.90 Å². The molecule has 1 aliphatic rings. The molecule has 1 saturated heterocycles. The fourth-order valence-electron chi connectivity index (χ4n) is 5.01. The van der Waals surface area contributed by atoms with Gasteiger partial charge in [-0.25, -0.2) is 14.4 Å². The van der Waals surface area contributed by atoms with E-state index in [0.29, 0.717) is 18.8 Å². The average Bonchev–Trinajstić information content (AvgIpc) is 2.94. The third kappa shape index (κ3) is 6.80. The van der Waals surface area contributed by atoms with E-state index >= 15 is 0 Å². The normalized spacial score (nSPS) is 14.8. The van der Waals surface area contributed by atoms with Crippen LogP contribution in [0.5, 0.6) is 5.75 Å². The number of aromatic nitrogens is 2. The van der Waals surface area contributed by atoms with Crippen molar-refractivity contribution in [1.29, 1.82) is 0 Å². The molecule has 6 nitrogen and oxygen atoms in total. The highest BCUT2D eigenvalue weighted by Gasteiger charge is 2.24. The molecule has 0 radical (unpaired) electrons. The van der Waals surface area contributed by atoms with E-state index in [9.17, 15) is 9.50 Å². The van der Waals surface area contributed by atoms with Crippen molar-refractivity contribution in [2.45, 2.75) is 26.4 Å². The van der Waals surface area contributed by atoms with Crippen molar-refractivity contribution in [3.8, 4) is 17.1 Å². The molecule has 1 aromatic heterocycles. The molecule has 1 unspecified atom stereocenters. The molecule has 1 fully saturated rings. The summed E-state index contributed by atoms with van der Waals surface area (Å²) in [6, 6.07) is 24.6. The molecule has 3 aromatic carbocycles. The van der Waals surface area contributed by atoms with Crippen molar-refractivity contribution in [2.75, 3.05) is 44.2 Å². The zero-order valence-corrected chi connectivity index (χ0v) is 22.6. The molecule has 0 saturated carbocycles. The summed E-state index contributed by atoms with van der Waals surface area (Å²) in [5.74, 6) is 2.15. The standard InChI is InChI=1S/C32H35FN4O2/c1-23-9-6-7-14-30(23)39-22-28(38)21-36-15-17-37(18-16-36)32-29(20-25-10-8-13-27(33)19-25)24(2)34-31(35-32)26-11-4-3-5-12-26/h3-14,19,28,38H,15-18,20-22H2,1-2H3. The number of ether oxygens (including phenoxy) is 1. The number of rotatable bonds is 9. The van der Waals surface area contributed by atoms with Crippen molar-refractivity contribution in [2.24, 2.45) is 0 Å². The number of β-amino-alcohol motifs (C(OH)–C–C–N with tert-alkyl or cyclic N) is 1. The molecule has 0 aliphatic carbocycles. The number of para-hydroxylation sites is 1. The van der Waals surface area contributed by atoms with Gasteiger partial charge in [0.2, 0.25) is 0 Å². The molecule has 1 atom stereocenters. The maximum absolute atomic E-state index is 14.0. The van der Waals surface area contributed by atoms with Gasteiger partial charge in [-0.1, -0.05) is 60.7 Å². The number of hydrogen-bond donors (Lipinski definition) is 1. The number of benzene rings is 3. The number of nitrogens with zero attached hydrogens (tertiary/aromatic N) is 4. The Kier molecular flexibility index (Phi) is 8.49. The zero-order chi connectivity index (χ0) is 27.2. The van der Waals surface area contributed by atoms with E-state index in [1.54, 1.807) is 12.1 Å². The summed E-state index contributed by atoms with van der Waals surface area (Å²) in [6.45, 7) is 7.95. The van der Waals surface area contributed by atoms with Crippen LogP contribution in [0.4, 0.5) is 10.2 Å². The molecular formula is C32H35FN4O2. The Labute approximate surface area is 229 Å². The summed E-state index contributed by atoms with van der Waals surface area (Å²) >= 11 is 0. The predicted molar refractivity (Wildman–Crippen MR) is 153 cm³/mol. The monoisotopic (exact) mass is 526 g/mol. The first-order chi connectivity index (χ1) is 19.0. The van der Waals surface area contributed by atoms with Crippen molar-refractivity contribution in [3.05, 3.63) is 107 Å². The maximum Gasteiger partial charge on any atom is 0.161 e. The van der Waals surface area contributed by atoms with Crippen LogP contribution in [0.2, 0.25) is 0 Å². The third-order valence-electron chi connectivity index (χ3n) is 7.16. The lowest BCUT2D eigenvalue weighted by atomic mass is 10.0. The molecule has 0 bridgehead atoms. The number of anilines is 1. The summed E-state index contributed by atoms with van der Waals surface area (Å²) in [5.41, 5.74) is 4.83. The van der Waals surface area contributed by atoms with Gasteiger partial charge in [-0.2, -0.15) is 0 Å². The van der Waals surface area contributed by atoms with E-state index in [4.69, 9.17) is 14.7 Å². The van der Waals surface area contributed by atoms with Crippen LogP contribution in [0.25, 0.3) is 11.4 Å². The lowest BCUT2D eigenvalue weighted by Gasteiger charge is -2.37. The van der Waals surface area contributed by atoms with Crippen molar-refractivity contribution >= 4 is 5.82 Å². The van der Waals surface area contributed by atoms with Crippen LogP contribution in [0.1, 0.15) is 22.4 Å². The van der Waals surface area contributed by atoms with E-state index in [1.807, 2.05) is 74.5 Å². The first kappa shape index (κ1) is 26.8. The van der Waals surface area contributed by atoms with Crippen LogP contribution in [0.3, 0.4) is 0 Å². The fraction of sp³-hybridized carbons (Fsp3) is 0.312. The highest BCUT2D eigenvalue weighted by molar-refractivity contribution is 5.61. The Hall–Kier alpha value is -3.81. The van der Waals surface area contributed by atoms with Crippen LogP contribution in [-0.4, -0.2) is 65.4 Å². The molecule has 1 aliphatic heterocycles. The molecule has 202 valence electrons. The minimum atomic E-state index is -0.578. The number of aliphatic hydroxyl groups is 1. The quantitative estimate of drug-likeness (QED) is 0.329. The highest BCUT2D eigenvalue weighted by atomic mass is 19.1. The summed E-state index contributed by atoms with van der Waals surface area (Å²) in [4.78, 5) is 14.4. The molecule has 2 heterocycles. The molecule has 0 amide bonds. The molecule has 0 spiro atoms. The third-order valence-corrected chi connectivity index (χ3v) is 7.16. The Morgan fingerprint density at radius 1 is 0.897 bits per heavy atom. The van der Waals surface area contributed by atoms with Gasteiger partial charge in [-0.15, -0.1) is 0 Å². The lowest BCUT2D eigenvalue weighted by molar-refractivity contribution is 0.0660. The topological polar surface area (TPSA) is 61.7 Å². The molecular weight excluding hydrogens is 491 g/mol. The maximum atomic E-state index is 14.0. The Morgan fingerprint density at radius 3 is 2.38 bits per heavy atom. The Bertz CT molecular complexity index is 1390. The number of piperazine rings is 1. The SMILES string of the molecule is Cc1ccccc1OCC(O)CN1CCN(c2nc(-c3ccccc3)nc(C)c2Cc2cccc(F)c2)CC1.